The number of benzene rings is 2. The first kappa shape index (κ1) is 21.6. The Morgan fingerprint density at radius 1 is 1.13 bits per heavy atom. The number of likely N-dealkylation sites (N-methyl/N-ethyl adjacent to an activating group) is 1. The van der Waals surface area contributed by atoms with Crippen LogP contribution in [-0.2, 0) is 9.59 Å². The topological polar surface area (TPSA) is 70.1 Å². The Morgan fingerprint density at radius 2 is 1.80 bits per heavy atom. The number of Topliss-reactive ketones (excluding diaryl/α,β-unsaturated/α-hetero) is 1. The molecule has 1 N–H and O–H groups in total. The molecule has 2 aromatic carbocycles. The average molecular weight is 408 g/mol. The predicted octanol–water partition coefficient (Wildman–Crippen LogP) is 3.30. The van der Waals surface area contributed by atoms with Crippen molar-refractivity contribution in [1.29, 1.82) is 0 Å². The minimum absolute atomic E-state index is 0.0910. The smallest absolute Gasteiger partial charge is 0.295 e. The van der Waals surface area contributed by atoms with Gasteiger partial charge in [-0.15, -0.1) is 0 Å². The molecule has 0 radical (unpaired) electrons. The van der Waals surface area contributed by atoms with Crippen LogP contribution in [0.4, 0.5) is 0 Å². The van der Waals surface area contributed by atoms with Crippen LogP contribution in [0, 0.1) is 13.8 Å². The van der Waals surface area contributed by atoms with Crippen LogP contribution in [0.2, 0.25) is 0 Å². The van der Waals surface area contributed by atoms with Crippen molar-refractivity contribution in [3.63, 3.8) is 0 Å². The third kappa shape index (κ3) is 3.96. The molecule has 0 spiro atoms. The lowest BCUT2D eigenvalue weighted by atomic mass is 9.93. The third-order valence-electron chi connectivity index (χ3n) is 5.32. The molecule has 1 fully saturated rings. The summed E-state index contributed by atoms with van der Waals surface area (Å²) in [5.41, 5.74) is 3.06. The number of amides is 1. The molecule has 0 aliphatic carbocycles. The molecule has 30 heavy (non-hydrogen) atoms. The first-order chi connectivity index (χ1) is 14.3. The summed E-state index contributed by atoms with van der Waals surface area (Å²) in [6, 6.07) is 12.4. The molecule has 6 nitrogen and oxygen atoms in total. The zero-order valence-corrected chi connectivity index (χ0v) is 18.1. The molecule has 6 heteroatoms. The van der Waals surface area contributed by atoms with Crippen LogP contribution in [0.15, 0.2) is 48.0 Å². The fourth-order valence-corrected chi connectivity index (χ4v) is 3.95. The molecule has 1 saturated heterocycles. The van der Waals surface area contributed by atoms with Gasteiger partial charge in [0.15, 0.2) is 0 Å². The number of nitrogens with zero attached hydrogens (tertiary/aromatic N) is 2. The molecule has 1 amide bonds. The SMILES string of the molecule is COc1c(C)cc(C)cc1/C(O)=C1\C(=O)C(=O)N(CCN(C)C)C1c1ccccc1. The van der Waals surface area contributed by atoms with E-state index in [1.54, 1.807) is 11.0 Å². The largest absolute Gasteiger partial charge is 0.507 e. The van der Waals surface area contributed by atoms with E-state index in [1.165, 1.54) is 7.11 Å². The summed E-state index contributed by atoms with van der Waals surface area (Å²) in [4.78, 5) is 29.5. The molecular formula is C24H28N2O4. The van der Waals surface area contributed by atoms with Crippen LogP contribution in [0.1, 0.15) is 28.3 Å². The summed E-state index contributed by atoms with van der Waals surface area (Å²) in [7, 11) is 5.35. The maximum Gasteiger partial charge on any atom is 0.295 e. The van der Waals surface area contributed by atoms with Crippen LogP contribution >= 0.6 is 0 Å². The Balaban J connectivity index is 2.23. The molecule has 1 unspecified atom stereocenters. The van der Waals surface area contributed by atoms with Gasteiger partial charge in [-0.1, -0.05) is 36.4 Å². The zero-order chi connectivity index (χ0) is 22.0. The summed E-state index contributed by atoms with van der Waals surface area (Å²) in [6.45, 7) is 4.77. The highest BCUT2D eigenvalue weighted by atomic mass is 16.5. The average Bonchev–Trinajstić information content (AvgIpc) is 2.96. The van der Waals surface area contributed by atoms with Gasteiger partial charge in [-0.2, -0.15) is 0 Å². The van der Waals surface area contributed by atoms with Crippen LogP contribution in [-0.4, -0.2) is 60.9 Å². The van der Waals surface area contributed by atoms with Gasteiger partial charge in [-0.05, 0) is 50.7 Å². The van der Waals surface area contributed by atoms with E-state index in [2.05, 4.69) is 0 Å². The quantitative estimate of drug-likeness (QED) is 0.451. The lowest BCUT2D eigenvalue weighted by Gasteiger charge is -2.26. The number of rotatable bonds is 6. The van der Waals surface area contributed by atoms with Crippen molar-refractivity contribution in [3.05, 3.63) is 70.3 Å². The number of aryl methyl sites for hydroxylation is 2. The number of carbonyl (C=O) groups is 2. The number of ketones is 1. The Hall–Kier alpha value is -3.12. The van der Waals surface area contributed by atoms with Gasteiger partial charge in [0, 0.05) is 13.1 Å². The van der Waals surface area contributed by atoms with E-state index in [-0.39, 0.29) is 11.3 Å². The van der Waals surface area contributed by atoms with E-state index in [1.807, 2.05) is 69.2 Å². The summed E-state index contributed by atoms with van der Waals surface area (Å²) >= 11 is 0. The van der Waals surface area contributed by atoms with E-state index in [9.17, 15) is 14.7 Å². The van der Waals surface area contributed by atoms with Gasteiger partial charge in [0.1, 0.15) is 11.5 Å². The maximum absolute atomic E-state index is 13.1. The highest BCUT2D eigenvalue weighted by molar-refractivity contribution is 6.46. The van der Waals surface area contributed by atoms with Crippen LogP contribution in [0.5, 0.6) is 5.75 Å². The Kier molecular flexibility index (Phi) is 6.27. The van der Waals surface area contributed by atoms with E-state index >= 15 is 0 Å². The summed E-state index contributed by atoms with van der Waals surface area (Å²) in [5.74, 6) is -1.00. The zero-order valence-electron chi connectivity index (χ0n) is 18.1. The van der Waals surface area contributed by atoms with Crippen molar-refractivity contribution in [1.82, 2.24) is 9.80 Å². The Morgan fingerprint density at radius 3 is 2.40 bits per heavy atom. The molecule has 1 atom stereocenters. The van der Waals surface area contributed by atoms with E-state index in [4.69, 9.17) is 4.74 Å². The van der Waals surface area contributed by atoms with Crippen molar-refractivity contribution < 1.29 is 19.4 Å². The fraction of sp³-hybridized carbons (Fsp3) is 0.333. The fourth-order valence-electron chi connectivity index (χ4n) is 3.95. The minimum Gasteiger partial charge on any atom is -0.507 e. The highest BCUT2D eigenvalue weighted by Gasteiger charge is 2.46. The minimum atomic E-state index is -0.679. The number of methoxy groups -OCH3 is 1. The molecule has 0 saturated carbocycles. The Bertz CT molecular complexity index is 996. The summed E-state index contributed by atoms with van der Waals surface area (Å²) in [6.07, 6.45) is 0. The number of hydrogen-bond acceptors (Lipinski definition) is 5. The second-order valence-corrected chi connectivity index (χ2v) is 7.87. The van der Waals surface area contributed by atoms with Gasteiger partial charge in [-0.3, -0.25) is 9.59 Å². The Labute approximate surface area is 177 Å². The molecule has 1 heterocycles. The van der Waals surface area contributed by atoms with Gasteiger partial charge < -0.3 is 19.6 Å². The van der Waals surface area contributed by atoms with E-state index < -0.39 is 17.7 Å². The van der Waals surface area contributed by atoms with Crippen molar-refractivity contribution in [3.8, 4) is 5.75 Å². The van der Waals surface area contributed by atoms with Gasteiger partial charge in [-0.25, -0.2) is 0 Å². The van der Waals surface area contributed by atoms with E-state index in [0.717, 1.165) is 16.7 Å². The van der Waals surface area contributed by atoms with Gasteiger partial charge in [0.05, 0.1) is 24.3 Å². The predicted molar refractivity (Wildman–Crippen MR) is 116 cm³/mol. The standard InChI is InChI=1S/C24H28N2O4/c1-15-13-16(2)23(30-5)18(14-15)21(27)19-20(17-9-7-6-8-10-17)26(12-11-25(3)4)24(29)22(19)28/h6-10,13-14,20,27H,11-12H2,1-5H3/b21-19+. The number of hydrogen-bond donors (Lipinski definition) is 1. The lowest BCUT2D eigenvalue weighted by Crippen LogP contribution is -2.35. The lowest BCUT2D eigenvalue weighted by molar-refractivity contribution is -0.140. The number of aliphatic hydroxyl groups excluding tert-OH is 1. The highest BCUT2D eigenvalue weighted by Crippen LogP contribution is 2.41. The van der Waals surface area contributed by atoms with Crippen molar-refractivity contribution >= 4 is 17.4 Å². The molecule has 0 aromatic heterocycles. The summed E-state index contributed by atoms with van der Waals surface area (Å²) in [5, 5.41) is 11.3. The molecule has 3 rings (SSSR count). The molecule has 158 valence electrons. The molecule has 1 aliphatic rings. The van der Waals surface area contributed by atoms with Crippen molar-refractivity contribution in [2.45, 2.75) is 19.9 Å². The summed E-state index contributed by atoms with van der Waals surface area (Å²) < 4.78 is 5.51. The first-order valence-electron chi connectivity index (χ1n) is 9.90. The number of likely N-dealkylation sites (tertiary alicyclic amines) is 1. The molecule has 1 aliphatic heterocycles. The second-order valence-electron chi connectivity index (χ2n) is 7.87. The van der Waals surface area contributed by atoms with Crippen LogP contribution in [0.3, 0.4) is 0 Å². The number of ether oxygens (including phenoxy) is 1. The van der Waals surface area contributed by atoms with Crippen molar-refractivity contribution in [2.24, 2.45) is 0 Å². The van der Waals surface area contributed by atoms with E-state index in [0.29, 0.717) is 24.4 Å². The monoisotopic (exact) mass is 408 g/mol. The maximum atomic E-state index is 13.1. The number of aliphatic hydroxyl groups is 1. The number of carbonyl (C=O) groups excluding carboxylic acids is 2. The first-order valence-corrected chi connectivity index (χ1v) is 9.90. The van der Waals surface area contributed by atoms with Gasteiger partial charge in [0.25, 0.3) is 11.7 Å². The normalized spacial score (nSPS) is 18.3. The van der Waals surface area contributed by atoms with Crippen molar-refractivity contribution in [2.75, 3.05) is 34.3 Å². The van der Waals surface area contributed by atoms with Gasteiger partial charge in [0.2, 0.25) is 0 Å². The van der Waals surface area contributed by atoms with Crippen LogP contribution < -0.4 is 4.74 Å². The van der Waals surface area contributed by atoms with Crippen LogP contribution in [0.25, 0.3) is 5.76 Å². The molecular weight excluding hydrogens is 380 g/mol. The molecule has 0 bridgehead atoms. The third-order valence-corrected chi connectivity index (χ3v) is 5.32. The molecule has 2 aromatic rings. The second kappa shape index (κ2) is 8.71. The van der Waals surface area contributed by atoms with Gasteiger partial charge >= 0.3 is 0 Å².